The molecule has 0 aliphatic carbocycles. The third kappa shape index (κ3) is 59.4. The zero-order valence-electron chi connectivity index (χ0n) is 48.9. The molecule has 2 atom stereocenters. The highest BCUT2D eigenvalue weighted by Gasteiger charge is 2.27. The summed E-state index contributed by atoms with van der Waals surface area (Å²) in [5, 5.41) is 0. The molecule has 76 heavy (non-hydrogen) atoms. The molecular weight excluding hydrogens is 966 g/mol. The zero-order chi connectivity index (χ0) is 55.6. The van der Waals surface area contributed by atoms with E-state index < -0.39 is 26.5 Å². The summed E-state index contributed by atoms with van der Waals surface area (Å²) in [4.78, 5) is 35.7. The van der Waals surface area contributed by atoms with Crippen LogP contribution in [0.3, 0.4) is 0 Å². The molecule has 0 heterocycles. The maximum absolute atomic E-state index is 12.8. The van der Waals surface area contributed by atoms with Gasteiger partial charge in [-0.05, 0) is 109 Å². The smallest absolute Gasteiger partial charge is 0.462 e. The predicted octanol–water partition coefficient (Wildman–Crippen LogP) is 18.9. The van der Waals surface area contributed by atoms with Crippen molar-refractivity contribution in [1.29, 1.82) is 0 Å². The average Bonchev–Trinajstić information content (AvgIpc) is 3.38. The van der Waals surface area contributed by atoms with E-state index in [1.54, 1.807) is 0 Å². The fraction of sp³-hybridized carbons (Fsp3) is 0.636. The number of quaternary nitrogens is 1. The first kappa shape index (κ1) is 72.2. The van der Waals surface area contributed by atoms with Crippen molar-refractivity contribution in [3.63, 3.8) is 0 Å². The number of carbonyl (C=O) groups excluding carboxylic acids is 2. The molecule has 0 aromatic carbocycles. The van der Waals surface area contributed by atoms with Gasteiger partial charge in [0.1, 0.15) is 19.8 Å². The summed E-state index contributed by atoms with van der Waals surface area (Å²) in [6.07, 6.45) is 80.8. The van der Waals surface area contributed by atoms with E-state index in [-0.39, 0.29) is 32.0 Å². The Kier molecular flexibility index (Phi) is 53.1. The maximum atomic E-state index is 12.8. The number of ether oxygens (including phenoxy) is 2. The SMILES string of the molecule is CC/C=C\C/C=C\C/C=C\C/C=C\C/C=C\C/C=C\CCCCCCCCCCCCC(=O)OC(COC(=O)CCCCCCCCC/C=C\C/C=C\C/C=C\C/C=C\C/C=C\CC)COP(=O)(O)OCC[N+](C)(C)C. The van der Waals surface area contributed by atoms with Crippen LogP contribution in [0.25, 0.3) is 0 Å². The Morgan fingerprint density at radius 1 is 0.408 bits per heavy atom. The number of unbranched alkanes of at least 4 members (excludes halogenated alkanes) is 17. The first-order valence-corrected chi connectivity index (χ1v) is 31.4. The van der Waals surface area contributed by atoms with Gasteiger partial charge in [0, 0.05) is 12.8 Å². The second-order valence-electron chi connectivity index (χ2n) is 20.6. The van der Waals surface area contributed by atoms with Crippen LogP contribution in [0, 0.1) is 0 Å². The van der Waals surface area contributed by atoms with Crippen molar-refractivity contribution in [2.75, 3.05) is 47.5 Å². The minimum Gasteiger partial charge on any atom is -0.462 e. The van der Waals surface area contributed by atoms with Gasteiger partial charge in [0.2, 0.25) is 0 Å². The number of rotatable bonds is 53. The summed E-state index contributed by atoms with van der Waals surface area (Å²) in [6.45, 7) is 4.17. The third-order valence-electron chi connectivity index (χ3n) is 12.2. The van der Waals surface area contributed by atoms with Gasteiger partial charge in [-0.2, -0.15) is 0 Å². The molecule has 1 N–H and O–H groups in total. The second-order valence-corrected chi connectivity index (χ2v) is 22.1. The highest BCUT2D eigenvalue weighted by atomic mass is 31.2. The van der Waals surface area contributed by atoms with Gasteiger partial charge in [0.05, 0.1) is 27.7 Å². The molecule has 9 nitrogen and oxygen atoms in total. The topological polar surface area (TPSA) is 108 Å². The first-order valence-electron chi connectivity index (χ1n) is 29.9. The van der Waals surface area contributed by atoms with Crippen molar-refractivity contribution in [2.45, 2.75) is 225 Å². The molecule has 0 bridgehead atoms. The third-order valence-corrected chi connectivity index (χ3v) is 13.2. The molecule has 0 spiro atoms. The molecule has 0 amide bonds. The molecular formula is C66H111NO8P+. The number of carbonyl (C=O) groups is 2. The van der Waals surface area contributed by atoms with Gasteiger partial charge in [0.15, 0.2) is 6.10 Å². The van der Waals surface area contributed by atoms with E-state index >= 15 is 0 Å². The largest absolute Gasteiger partial charge is 0.472 e. The molecule has 0 rings (SSSR count). The van der Waals surface area contributed by atoms with Crippen LogP contribution in [-0.2, 0) is 32.7 Å². The van der Waals surface area contributed by atoms with Gasteiger partial charge >= 0.3 is 19.8 Å². The van der Waals surface area contributed by atoms with Crippen LogP contribution in [-0.4, -0.2) is 74.9 Å². The lowest BCUT2D eigenvalue weighted by atomic mass is 10.0. The summed E-state index contributed by atoms with van der Waals surface area (Å²) >= 11 is 0. The predicted molar refractivity (Wildman–Crippen MR) is 325 cm³/mol. The quantitative estimate of drug-likeness (QED) is 0.0211. The van der Waals surface area contributed by atoms with Crippen molar-refractivity contribution in [3.05, 3.63) is 134 Å². The molecule has 0 aliphatic heterocycles. The fourth-order valence-electron chi connectivity index (χ4n) is 7.63. The van der Waals surface area contributed by atoms with Crippen molar-refractivity contribution < 1.29 is 42.1 Å². The van der Waals surface area contributed by atoms with Gasteiger partial charge in [-0.1, -0.05) is 231 Å². The molecule has 0 fully saturated rings. The number of hydrogen-bond donors (Lipinski definition) is 1. The standard InChI is InChI=1S/C66H110NO8P/c1-6-8-10-12-14-16-18-20-22-24-26-28-30-31-32-33-34-35-37-39-41-43-45-47-49-51-53-55-57-59-66(69)75-64(63-74-76(70,71)73-61-60-67(3,4)5)62-72-65(68)58-56-54-52-50-48-46-44-42-40-38-36-29-27-25-23-21-19-17-15-13-11-9-7-2/h8-11,14-17,20-23,26-29,31-32,34-35,38,40,64H,6-7,12-13,18-19,24-25,30,33,36-37,39,41-63H2,1-5H3/p+1/b10-8-,11-9-,16-14-,17-15-,22-20-,23-21-,28-26-,29-27-,32-31-,35-34-,40-38-. The average molecular weight is 1080 g/mol. The van der Waals surface area contributed by atoms with E-state index in [2.05, 4.69) is 148 Å². The van der Waals surface area contributed by atoms with Crippen molar-refractivity contribution in [2.24, 2.45) is 0 Å². The molecule has 0 aromatic rings. The van der Waals surface area contributed by atoms with Crippen LogP contribution in [0.15, 0.2) is 134 Å². The van der Waals surface area contributed by atoms with E-state index in [1.807, 2.05) is 21.1 Å². The number of allylic oxidation sites excluding steroid dienone is 22. The Labute approximate surface area is 466 Å². The van der Waals surface area contributed by atoms with Gasteiger partial charge in [0.25, 0.3) is 0 Å². The molecule has 0 saturated heterocycles. The molecule has 0 aliphatic rings. The fourth-order valence-corrected chi connectivity index (χ4v) is 8.37. The molecule has 0 radical (unpaired) electrons. The van der Waals surface area contributed by atoms with Gasteiger partial charge in [-0.3, -0.25) is 18.6 Å². The maximum Gasteiger partial charge on any atom is 0.472 e. The van der Waals surface area contributed by atoms with Crippen LogP contribution in [0.2, 0.25) is 0 Å². The summed E-state index contributed by atoms with van der Waals surface area (Å²) in [7, 11) is 1.45. The highest BCUT2D eigenvalue weighted by molar-refractivity contribution is 7.47. The van der Waals surface area contributed by atoms with Crippen molar-refractivity contribution in [1.82, 2.24) is 0 Å². The normalized spacial score (nSPS) is 14.2. The lowest BCUT2D eigenvalue weighted by Crippen LogP contribution is -2.37. The minimum atomic E-state index is -4.40. The van der Waals surface area contributed by atoms with E-state index in [0.717, 1.165) is 128 Å². The Morgan fingerprint density at radius 3 is 1.05 bits per heavy atom. The summed E-state index contributed by atoms with van der Waals surface area (Å²) in [5.74, 6) is -0.823. The molecule has 0 saturated carbocycles. The molecule has 10 heteroatoms. The molecule has 0 aromatic heterocycles. The van der Waals surface area contributed by atoms with Crippen molar-refractivity contribution >= 4 is 19.8 Å². The van der Waals surface area contributed by atoms with Crippen molar-refractivity contribution in [3.8, 4) is 0 Å². The van der Waals surface area contributed by atoms with Crippen LogP contribution in [0.4, 0.5) is 0 Å². The number of nitrogens with zero attached hydrogens (tertiary/aromatic N) is 1. The van der Waals surface area contributed by atoms with Crippen LogP contribution < -0.4 is 0 Å². The summed E-state index contributed by atoms with van der Waals surface area (Å²) in [5.41, 5.74) is 0. The van der Waals surface area contributed by atoms with E-state index in [4.69, 9.17) is 18.5 Å². The van der Waals surface area contributed by atoms with Crippen LogP contribution in [0.1, 0.15) is 219 Å². The monoisotopic (exact) mass is 1080 g/mol. The first-order chi connectivity index (χ1) is 37.0. The highest BCUT2D eigenvalue weighted by Crippen LogP contribution is 2.43. The Morgan fingerprint density at radius 2 is 0.711 bits per heavy atom. The zero-order valence-corrected chi connectivity index (χ0v) is 49.8. The number of phosphoric ester groups is 1. The summed E-state index contributed by atoms with van der Waals surface area (Å²) < 4.78 is 34.6. The van der Waals surface area contributed by atoms with Gasteiger partial charge in [-0.25, -0.2) is 4.57 Å². The van der Waals surface area contributed by atoms with Gasteiger partial charge in [-0.15, -0.1) is 0 Å². The number of likely N-dealkylation sites (N-methyl/N-ethyl adjacent to an activating group) is 1. The summed E-state index contributed by atoms with van der Waals surface area (Å²) in [6, 6.07) is 0. The van der Waals surface area contributed by atoms with Gasteiger partial charge < -0.3 is 18.9 Å². The lowest BCUT2D eigenvalue weighted by molar-refractivity contribution is -0.870. The Hall–Kier alpha value is -3.85. The number of hydrogen-bond acceptors (Lipinski definition) is 7. The lowest BCUT2D eigenvalue weighted by Gasteiger charge is -2.24. The van der Waals surface area contributed by atoms with E-state index in [9.17, 15) is 19.0 Å². The Balaban J connectivity index is 4.22. The molecule has 2 unspecified atom stereocenters. The number of esters is 2. The van der Waals surface area contributed by atoms with Crippen LogP contribution in [0.5, 0.6) is 0 Å². The number of phosphoric acid groups is 1. The van der Waals surface area contributed by atoms with E-state index in [0.29, 0.717) is 17.4 Å². The van der Waals surface area contributed by atoms with E-state index in [1.165, 1.54) is 57.8 Å². The molecule has 432 valence electrons. The minimum absolute atomic E-state index is 0.0214. The second kappa shape index (κ2) is 55.9. The Bertz CT molecular complexity index is 1740. The van der Waals surface area contributed by atoms with Crippen LogP contribution >= 0.6 is 7.82 Å².